The fourth-order valence-electron chi connectivity index (χ4n) is 5.47. The van der Waals surface area contributed by atoms with Gasteiger partial charge in [-0.2, -0.15) is 0 Å². The normalized spacial score (nSPS) is 23.7. The quantitative estimate of drug-likeness (QED) is 0.487. The fraction of sp³-hybridized carbons (Fsp3) is 0.593. The summed E-state index contributed by atoms with van der Waals surface area (Å²) in [5.41, 5.74) is 3.82. The van der Waals surface area contributed by atoms with Crippen LogP contribution in [0.3, 0.4) is 0 Å². The Hall–Kier alpha value is -2.75. The van der Waals surface area contributed by atoms with Crippen molar-refractivity contribution in [3.63, 3.8) is 0 Å². The molecule has 9 heteroatoms. The molecule has 1 aliphatic heterocycles. The number of rotatable bonds is 8. The van der Waals surface area contributed by atoms with Crippen LogP contribution >= 0.6 is 0 Å². The summed E-state index contributed by atoms with van der Waals surface area (Å²) in [7, 11) is 1.69. The molecule has 0 amide bonds. The number of ether oxygens (including phenoxy) is 2. The van der Waals surface area contributed by atoms with Crippen LogP contribution < -0.4 is 10.2 Å². The van der Waals surface area contributed by atoms with Crippen LogP contribution in [0.15, 0.2) is 30.6 Å². The third kappa shape index (κ3) is 5.19. The summed E-state index contributed by atoms with van der Waals surface area (Å²) in [5.74, 6) is 1.88. The Balaban J connectivity index is 1.53. The molecule has 4 heterocycles. The molecular formula is C27H38N6O3. The van der Waals surface area contributed by atoms with E-state index in [0.717, 1.165) is 80.9 Å². The highest BCUT2D eigenvalue weighted by Gasteiger charge is 2.34. The van der Waals surface area contributed by atoms with Crippen LogP contribution in [-0.2, 0) is 9.47 Å². The Morgan fingerprint density at radius 3 is 2.72 bits per heavy atom. The highest BCUT2D eigenvalue weighted by molar-refractivity contribution is 5.82. The molecule has 1 aliphatic carbocycles. The standard InChI is InChI=1S/C27H38N6O3/c1-4-27(34)8-5-20(6-9-27)23-16-22(21-7-10-28-25(15-21)32-11-13-36-14-12-32)24-17-29-26(31-33(23)24)30-19(2)18-35-3/h7,10,15-17,19-20,34H,4-6,8-9,11-14,18H2,1-3H3,(H,30,31)/t19-,20?,27?/m0/s1. The summed E-state index contributed by atoms with van der Waals surface area (Å²) < 4.78 is 12.8. The van der Waals surface area contributed by atoms with Crippen molar-refractivity contribution in [1.29, 1.82) is 0 Å². The Kier molecular flexibility index (Phi) is 7.41. The number of hydrogen-bond acceptors (Lipinski definition) is 8. The van der Waals surface area contributed by atoms with Gasteiger partial charge in [-0.25, -0.2) is 14.5 Å². The third-order valence-corrected chi connectivity index (χ3v) is 7.72. The van der Waals surface area contributed by atoms with Crippen LogP contribution in [0.25, 0.3) is 16.6 Å². The minimum atomic E-state index is -0.540. The number of methoxy groups -OCH3 is 1. The second-order valence-corrected chi connectivity index (χ2v) is 10.2. The van der Waals surface area contributed by atoms with Crippen molar-refractivity contribution in [2.45, 2.75) is 63.5 Å². The van der Waals surface area contributed by atoms with Crippen molar-refractivity contribution in [3.8, 4) is 11.1 Å². The first-order valence-corrected chi connectivity index (χ1v) is 13.2. The second kappa shape index (κ2) is 10.7. The van der Waals surface area contributed by atoms with Gasteiger partial charge in [-0.15, -0.1) is 5.10 Å². The molecule has 0 radical (unpaired) electrons. The zero-order chi connectivity index (χ0) is 25.1. The SMILES string of the molecule is CCC1(O)CCC(c2cc(-c3ccnc(N4CCOCC4)c3)c3cnc(N[C@@H](C)COC)nn23)CC1. The molecule has 1 atom stereocenters. The summed E-state index contributed by atoms with van der Waals surface area (Å²) in [6.45, 7) is 7.84. The summed E-state index contributed by atoms with van der Waals surface area (Å²) in [6, 6.07) is 6.59. The first-order chi connectivity index (χ1) is 17.5. The Bertz CT molecular complexity index is 1170. The van der Waals surface area contributed by atoms with Crippen LogP contribution in [0.4, 0.5) is 11.8 Å². The summed E-state index contributed by atoms with van der Waals surface area (Å²) in [6.07, 6.45) is 8.11. The third-order valence-electron chi connectivity index (χ3n) is 7.72. The zero-order valence-corrected chi connectivity index (χ0v) is 21.6. The van der Waals surface area contributed by atoms with Gasteiger partial charge in [0.1, 0.15) is 5.82 Å². The minimum absolute atomic E-state index is 0.0939. The van der Waals surface area contributed by atoms with Gasteiger partial charge in [0.25, 0.3) is 0 Å². The molecule has 0 bridgehead atoms. The molecule has 194 valence electrons. The van der Waals surface area contributed by atoms with Gasteiger partial charge in [-0.1, -0.05) is 6.92 Å². The number of aliphatic hydroxyl groups is 1. The Labute approximate surface area is 212 Å². The molecule has 3 aromatic rings. The lowest BCUT2D eigenvalue weighted by Gasteiger charge is -2.35. The predicted octanol–water partition coefficient (Wildman–Crippen LogP) is 3.87. The monoisotopic (exact) mass is 494 g/mol. The maximum Gasteiger partial charge on any atom is 0.241 e. The van der Waals surface area contributed by atoms with Gasteiger partial charge in [0.2, 0.25) is 5.95 Å². The number of aromatic nitrogens is 4. The van der Waals surface area contributed by atoms with Gasteiger partial charge < -0.3 is 24.8 Å². The Morgan fingerprint density at radius 2 is 2.00 bits per heavy atom. The molecule has 0 aromatic carbocycles. The van der Waals surface area contributed by atoms with E-state index in [9.17, 15) is 5.11 Å². The zero-order valence-electron chi connectivity index (χ0n) is 21.6. The molecule has 9 nitrogen and oxygen atoms in total. The number of anilines is 2. The summed E-state index contributed by atoms with van der Waals surface area (Å²) in [4.78, 5) is 11.6. The number of nitrogens with one attached hydrogen (secondary N) is 1. The van der Waals surface area contributed by atoms with Gasteiger partial charge in [0.05, 0.1) is 37.1 Å². The van der Waals surface area contributed by atoms with Crippen LogP contribution in [-0.4, -0.2) is 76.4 Å². The van der Waals surface area contributed by atoms with E-state index in [1.807, 2.05) is 12.4 Å². The average Bonchev–Trinajstić information content (AvgIpc) is 3.29. The number of hydrogen-bond donors (Lipinski definition) is 2. The van der Waals surface area contributed by atoms with E-state index in [2.05, 4.69) is 56.7 Å². The van der Waals surface area contributed by atoms with Crippen LogP contribution in [0.1, 0.15) is 57.6 Å². The maximum absolute atomic E-state index is 10.8. The highest BCUT2D eigenvalue weighted by atomic mass is 16.5. The lowest BCUT2D eigenvalue weighted by atomic mass is 9.76. The molecule has 3 aromatic heterocycles. The van der Waals surface area contributed by atoms with Crippen LogP contribution in [0.5, 0.6) is 0 Å². The molecule has 1 saturated heterocycles. The van der Waals surface area contributed by atoms with Gasteiger partial charge >= 0.3 is 0 Å². The molecule has 0 unspecified atom stereocenters. The first kappa shape index (κ1) is 24.9. The van der Waals surface area contributed by atoms with E-state index in [1.165, 1.54) is 5.69 Å². The number of fused-ring (bicyclic) bond motifs is 1. The van der Waals surface area contributed by atoms with E-state index in [1.54, 1.807) is 7.11 Å². The predicted molar refractivity (Wildman–Crippen MR) is 141 cm³/mol. The van der Waals surface area contributed by atoms with Gasteiger partial charge in [-0.3, -0.25) is 0 Å². The lowest BCUT2D eigenvalue weighted by Crippen LogP contribution is -2.36. The topological polar surface area (TPSA) is 97.0 Å². The van der Waals surface area contributed by atoms with Gasteiger partial charge in [0, 0.05) is 49.6 Å². The Morgan fingerprint density at radius 1 is 1.22 bits per heavy atom. The molecule has 2 fully saturated rings. The van der Waals surface area contributed by atoms with E-state index in [-0.39, 0.29) is 6.04 Å². The van der Waals surface area contributed by atoms with Crippen molar-refractivity contribution in [2.75, 3.05) is 50.2 Å². The average molecular weight is 495 g/mol. The fourth-order valence-corrected chi connectivity index (χ4v) is 5.47. The van der Waals surface area contributed by atoms with Crippen molar-refractivity contribution in [1.82, 2.24) is 19.6 Å². The first-order valence-electron chi connectivity index (χ1n) is 13.2. The number of nitrogens with zero attached hydrogens (tertiary/aromatic N) is 5. The van der Waals surface area contributed by atoms with Crippen molar-refractivity contribution in [2.24, 2.45) is 0 Å². The summed E-state index contributed by atoms with van der Waals surface area (Å²) in [5, 5.41) is 19.1. The minimum Gasteiger partial charge on any atom is -0.390 e. The van der Waals surface area contributed by atoms with E-state index in [0.29, 0.717) is 18.5 Å². The van der Waals surface area contributed by atoms with Gasteiger partial charge in [-0.05, 0) is 62.8 Å². The molecule has 2 aliphatic rings. The molecule has 36 heavy (non-hydrogen) atoms. The van der Waals surface area contributed by atoms with Crippen LogP contribution in [0.2, 0.25) is 0 Å². The smallest absolute Gasteiger partial charge is 0.241 e. The lowest BCUT2D eigenvalue weighted by molar-refractivity contribution is -0.00461. The van der Waals surface area contributed by atoms with Crippen LogP contribution in [0, 0.1) is 0 Å². The molecule has 2 N–H and O–H groups in total. The molecule has 1 saturated carbocycles. The highest BCUT2D eigenvalue weighted by Crippen LogP contribution is 2.42. The second-order valence-electron chi connectivity index (χ2n) is 10.2. The van der Waals surface area contributed by atoms with Crippen molar-refractivity contribution < 1.29 is 14.6 Å². The molecule has 0 spiro atoms. The molecule has 5 rings (SSSR count). The van der Waals surface area contributed by atoms with E-state index >= 15 is 0 Å². The van der Waals surface area contributed by atoms with Crippen molar-refractivity contribution in [3.05, 3.63) is 36.3 Å². The van der Waals surface area contributed by atoms with Crippen molar-refractivity contribution >= 4 is 17.3 Å². The van der Waals surface area contributed by atoms with E-state index in [4.69, 9.17) is 14.6 Å². The van der Waals surface area contributed by atoms with Gasteiger partial charge in [0.15, 0.2) is 0 Å². The number of pyridine rings is 1. The summed E-state index contributed by atoms with van der Waals surface area (Å²) >= 11 is 0. The molecular weight excluding hydrogens is 456 g/mol. The van der Waals surface area contributed by atoms with E-state index < -0.39 is 5.60 Å². The maximum atomic E-state index is 10.8. The largest absolute Gasteiger partial charge is 0.390 e. The number of morpholine rings is 1.